The van der Waals surface area contributed by atoms with Gasteiger partial charge in [-0.2, -0.15) is 0 Å². The molecule has 2 heteroatoms. The van der Waals surface area contributed by atoms with Crippen LogP contribution in [-0.2, 0) is 0 Å². The smallest absolute Gasteiger partial charge is 0.161 e. The molecule has 1 heterocycles. The molecule has 2 rings (SSSR count). The Bertz CT molecular complexity index is 426. The monoisotopic (exact) mass is 216 g/mol. The summed E-state index contributed by atoms with van der Waals surface area (Å²) in [6, 6.07) is 6.14. The fraction of sp³-hybridized carbons (Fsp3) is 0.429. The van der Waals surface area contributed by atoms with Gasteiger partial charge in [-0.05, 0) is 30.5 Å². The average Bonchev–Trinajstić information content (AvgIpc) is 2.35. The van der Waals surface area contributed by atoms with E-state index in [-0.39, 0.29) is 0 Å². The minimum absolute atomic E-state index is 0.434. The van der Waals surface area contributed by atoms with E-state index in [4.69, 9.17) is 9.47 Å². The van der Waals surface area contributed by atoms with Crippen LogP contribution in [0, 0.1) is 11.8 Å². The van der Waals surface area contributed by atoms with Crippen molar-refractivity contribution in [2.45, 2.75) is 26.2 Å². The van der Waals surface area contributed by atoms with Crippen LogP contribution in [0.2, 0.25) is 0 Å². The molecular formula is C14H16O2. The Balaban J connectivity index is 2.18. The summed E-state index contributed by atoms with van der Waals surface area (Å²) in [6.07, 6.45) is 0.885. The third kappa shape index (κ3) is 2.30. The van der Waals surface area contributed by atoms with Gasteiger partial charge in [0.15, 0.2) is 11.5 Å². The molecule has 1 atom stereocenters. The van der Waals surface area contributed by atoms with Crippen molar-refractivity contribution in [3.8, 4) is 23.3 Å². The van der Waals surface area contributed by atoms with Crippen molar-refractivity contribution in [1.29, 1.82) is 0 Å². The first-order valence-corrected chi connectivity index (χ1v) is 5.60. The Morgan fingerprint density at radius 3 is 2.75 bits per heavy atom. The van der Waals surface area contributed by atoms with Crippen LogP contribution >= 0.6 is 0 Å². The van der Waals surface area contributed by atoms with Crippen LogP contribution in [0.4, 0.5) is 0 Å². The quantitative estimate of drug-likeness (QED) is 0.707. The third-order valence-electron chi connectivity index (χ3n) is 2.72. The first-order chi connectivity index (χ1) is 7.81. The number of hydrogen-bond donors (Lipinski definition) is 0. The van der Waals surface area contributed by atoms with Gasteiger partial charge >= 0.3 is 0 Å². The summed E-state index contributed by atoms with van der Waals surface area (Å²) in [5.41, 5.74) is 1.26. The lowest BCUT2D eigenvalue weighted by molar-refractivity contribution is 0.171. The summed E-state index contributed by atoms with van der Waals surface area (Å²) >= 11 is 0. The van der Waals surface area contributed by atoms with Gasteiger partial charge in [-0.3, -0.25) is 0 Å². The maximum atomic E-state index is 5.56. The Morgan fingerprint density at radius 2 is 2.00 bits per heavy atom. The van der Waals surface area contributed by atoms with E-state index in [2.05, 4.69) is 30.9 Å². The molecule has 1 aliphatic heterocycles. The van der Waals surface area contributed by atoms with Gasteiger partial charge in [-0.15, -0.1) is 11.8 Å². The van der Waals surface area contributed by atoms with Gasteiger partial charge in [0.2, 0.25) is 0 Å². The molecule has 0 amide bonds. The molecule has 0 saturated heterocycles. The molecule has 1 aliphatic rings. The predicted molar refractivity (Wildman–Crippen MR) is 63.9 cm³/mol. The van der Waals surface area contributed by atoms with E-state index >= 15 is 0 Å². The highest BCUT2D eigenvalue weighted by atomic mass is 16.6. The molecule has 1 aromatic rings. The normalized spacial score (nSPS) is 14.9. The standard InChI is InChI=1S/C14H16O2/c1-3-4-5-11(2)12-6-7-13-14(10-12)16-9-8-15-13/h6-7,10-11H,5,8-9H2,1-2H3. The summed E-state index contributed by atoms with van der Waals surface area (Å²) < 4.78 is 11.0. The molecule has 0 spiro atoms. The molecule has 1 aromatic carbocycles. The zero-order valence-corrected chi connectivity index (χ0v) is 9.75. The van der Waals surface area contributed by atoms with Crippen molar-refractivity contribution in [3.63, 3.8) is 0 Å². The Hall–Kier alpha value is -1.62. The maximum Gasteiger partial charge on any atom is 0.161 e. The first-order valence-electron chi connectivity index (χ1n) is 5.60. The van der Waals surface area contributed by atoms with Crippen LogP contribution in [0.15, 0.2) is 18.2 Å². The van der Waals surface area contributed by atoms with Crippen LogP contribution in [-0.4, -0.2) is 13.2 Å². The molecule has 0 fully saturated rings. The van der Waals surface area contributed by atoms with Crippen molar-refractivity contribution in [3.05, 3.63) is 23.8 Å². The van der Waals surface area contributed by atoms with Crippen LogP contribution in [0.25, 0.3) is 0 Å². The van der Waals surface area contributed by atoms with Crippen molar-refractivity contribution in [1.82, 2.24) is 0 Å². The van der Waals surface area contributed by atoms with Crippen LogP contribution in [0.1, 0.15) is 31.7 Å². The fourth-order valence-corrected chi connectivity index (χ4v) is 1.74. The molecule has 84 valence electrons. The molecular weight excluding hydrogens is 200 g/mol. The topological polar surface area (TPSA) is 18.5 Å². The molecule has 2 nitrogen and oxygen atoms in total. The number of hydrogen-bond acceptors (Lipinski definition) is 2. The molecule has 0 radical (unpaired) electrons. The Morgan fingerprint density at radius 1 is 1.25 bits per heavy atom. The summed E-state index contributed by atoms with van der Waals surface area (Å²) in [7, 11) is 0. The second-order valence-corrected chi connectivity index (χ2v) is 3.94. The number of fused-ring (bicyclic) bond motifs is 1. The molecule has 0 N–H and O–H groups in total. The molecule has 0 bridgehead atoms. The lowest BCUT2D eigenvalue weighted by Gasteiger charge is -2.20. The van der Waals surface area contributed by atoms with Gasteiger partial charge in [0, 0.05) is 6.42 Å². The van der Waals surface area contributed by atoms with Crippen molar-refractivity contribution in [2.75, 3.05) is 13.2 Å². The minimum Gasteiger partial charge on any atom is -0.486 e. The molecule has 0 aliphatic carbocycles. The van der Waals surface area contributed by atoms with Gasteiger partial charge in [-0.1, -0.05) is 13.0 Å². The van der Waals surface area contributed by atoms with E-state index in [1.54, 1.807) is 0 Å². The lowest BCUT2D eigenvalue weighted by atomic mass is 9.97. The van der Waals surface area contributed by atoms with E-state index in [0.717, 1.165) is 17.9 Å². The molecule has 0 aromatic heterocycles. The summed E-state index contributed by atoms with van der Waals surface area (Å²) in [4.78, 5) is 0. The first kappa shape index (κ1) is 10.9. The Labute approximate surface area is 96.6 Å². The number of benzene rings is 1. The fourth-order valence-electron chi connectivity index (χ4n) is 1.74. The molecule has 0 saturated carbocycles. The van der Waals surface area contributed by atoms with Crippen molar-refractivity contribution in [2.24, 2.45) is 0 Å². The highest BCUT2D eigenvalue weighted by molar-refractivity contribution is 5.44. The second kappa shape index (κ2) is 4.94. The lowest BCUT2D eigenvalue weighted by Crippen LogP contribution is -2.15. The largest absolute Gasteiger partial charge is 0.486 e. The molecule has 16 heavy (non-hydrogen) atoms. The third-order valence-corrected chi connectivity index (χ3v) is 2.72. The van der Waals surface area contributed by atoms with Gasteiger partial charge in [0.1, 0.15) is 13.2 Å². The number of rotatable bonds is 2. The number of ether oxygens (including phenoxy) is 2. The second-order valence-electron chi connectivity index (χ2n) is 3.94. The zero-order valence-electron chi connectivity index (χ0n) is 9.75. The van der Waals surface area contributed by atoms with Crippen molar-refractivity contribution >= 4 is 0 Å². The van der Waals surface area contributed by atoms with Gasteiger partial charge in [0.05, 0.1) is 0 Å². The summed E-state index contributed by atoms with van der Waals surface area (Å²) in [5.74, 6) is 8.17. The van der Waals surface area contributed by atoms with Gasteiger partial charge < -0.3 is 9.47 Å². The summed E-state index contributed by atoms with van der Waals surface area (Å²) in [6.45, 7) is 5.33. The van der Waals surface area contributed by atoms with E-state index < -0.39 is 0 Å². The zero-order chi connectivity index (χ0) is 11.4. The van der Waals surface area contributed by atoms with E-state index in [9.17, 15) is 0 Å². The minimum atomic E-state index is 0.434. The van der Waals surface area contributed by atoms with E-state index in [1.165, 1.54) is 5.56 Å². The van der Waals surface area contributed by atoms with Crippen molar-refractivity contribution < 1.29 is 9.47 Å². The van der Waals surface area contributed by atoms with Crippen LogP contribution < -0.4 is 9.47 Å². The van der Waals surface area contributed by atoms with Crippen LogP contribution in [0.3, 0.4) is 0 Å². The SMILES string of the molecule is CC#CCC(C)c1ccc2c(c1)OCCO2. The van der Waals surface area contributed by atoms with Gasteiger partial charge in [-0.25, -0.2) is 0 Å². The highest BCUT2D eigenvalue weighted by Gasteiger charge is 2.13. The van der Waals surface area contributed by atoms with E-state index in [1.807, 2.05) is 13.0 Å². The maximum absolute atomic E-state index is 5.56. The van der Waals surface area contributed by atoms with E-state index in [0.29, 0.717) is 19.1 Å². The molecule has 1 unspecified atom stereocenters. The van der Waals surface area contributed by atoms with Crippen LogP contribution in [0.5, 0.6) is 11.5 Å². The van der Waals surface area contributed by atoms with Gasteiger partial charge in [0.25, 0.3) is 0 Å². The Kier molecular flexibility index (Phi) is 3.36. The predicted octanol–water partition coefficient (Wildman–Crippen LogP) is 2.97. The summed E-state index contributed by atoms with van der Waals surface area (Å²) in [5, 5.41) is 0. The highest BCUT2D eigenvalue weighted by Crippen LogP contribution is 2.33. The average molecular weight is 216 g/mol.